The number of hydrogen-bond acceptors (Lipinski definition) is 8. The molecule has 1 fully saturated rings. The van der Waals surface area contributed by atoms with E-state index in [0.29, 0.717) is 11.4 Å². The highest BCUT2D eigenvalue weighted by molar-refractivity contribution is 6.25. The molecule has 1 aliphatic heterocycles. The second-order valence-corrected chi connectivity index (χ2v) is 8.95. The quantitative estimate of drug-likeness (QED) is 0.170. The zero-order valence-corrected chi connectivity index (χ0v) is 21.3. The van der Waals surface area contributed by atoms with Gasteiger partial charge in [0.2, 0.25) is 12.2 Å². The molecule has 1 saturated heterocycles. The minimum atomic E-state index is -1.67. The number of amides is 2. The predicted molar refractivity (Wildman–Crippen MR) is 146 cm³/mol. The van der Waals surface area contributed by atoms with Crippen LogP contribution in [0.3, 0.4) is 0 Å². The molecule has 0 spiro atoms. The summed E-state index contributed by atoms with van der Waals surface area (Å²) in [6.45, 7) is 1.97. The monoisotopic (exact) mass is 533 g/mol. The van der Waals surface area contributed by atoms with Gasteiger partial charge in [-0.05, 0) is 67.6 Å². The van der Waals surface area contributed by atoms with Gasteiger partial charge in [0.05, 0.1) is 28.2 Å². The van der Waals surface area contributed by atoms with Crippen LogP contribution in [0.5, 0.6) is 0 Å². The van der Waals surface area contributed by atoms with Crippen molar-refractivity contribution in [1.82, 2.24) is 0 Å². The molecule has 198 valence electrons. The maximum Gasteiger partial charge on any atom is 0.339 e. The Labute approximate surface area is 229 Å². The molecular formula is C31H23N3O6. The number of nitrogens with zero attached hydrogens (tertiary/aromatic N) is 3. The largest absolute Gasteiger partial charge is 0.444 e. The minimum absolute atomic E-state index is 0.178. The third-order valence-electron chi connectivity index (χ3n) is 6.11. The number of ether oxygens (including phenoxy) is 2. The second-order valence-electron chi connectivity index (χ2n) is 8.95. The van der Waals surface area contributed by atoms with Crippen molar-refractivity contribution in [3.63, 3.8) is 0 Å². The summed E-state index contributed by atoms with van der Waals surface area (Å²) in [4.78, 5) is 53.3. The van der Waals surface area contributed by atoms with Gasteiger partial charge in [-0.15, -0.1) is 0 Å². The van der Waals surface area contributed by atoms with Gasteiger partial charge in [-0.2, -0.15) is 10.2 Å². The van der Waals surface area contributed by atoms with E-state index in [9.17, 15) is 19.2 Å². The van der Waals surface area contributed by atoms with Crippen molar-refractivity contribution in [2.24, 2.45) is 10.2 Å². The average Bonchev–Trinajstić information content (AvgIpc) is 3.21. The van der Waals surface area contributed by atoms with E-state index in [1.807, 2.05) is 31.2 Å². The first-order valence-corrected chi connectivity index (χ1v) is 12.4. The maximum absolute atomic E-state index is 13.4. The molecule has 1 heterocycles. The summed E-state index contributed by atoms with van der Waals surface area (Å²) in [6.07, 6.45) is -3.34. The number of carbonyl (C=O) groups excluding carboxylic acids is 4. The van der Waals surface area contributed by atoms with Crippen molar-refractivity contribution >= 4 is 40.8 Å². The molecule has 0 radical (unpaired) electrons. The molecule has 9 nitrogen and oxygen atoms in total. The highest BCUT2D eigenvalue weighted by Crippen LogP contribution is 2.30. The summed E-state index contributed by atoms with van der Waals surface area (Å²) in [6, 6.07) is 29.7. The maximum atomic E-state index is 13.4. The van der Waals surface area contributed by atoms with E-state index < -0.39 is 36.0 Å². The van der Waals surface area contributed by atoms with Crippen LogP contribution in [0.1, 0.15) is 26.3 Å². The number of rotatable bonds is 7. The zero-order chi connectivity index (χ0) is 28.1. The third-order valence-corrected chi connectivity index (χ3v) is 6.11. The lowest BCUT2D eigenvalue weighted by molar-refractivity contribution is -0.130. The van der Waals surface area contributed by atoms with Gasteiger partial charge >= 0.3 is 11.9 Å². The smallest absolute Gasteiger partial charge is 0.339 e. The average molecular weight is 534 g/mol. The fourth-order valence-corrected chi connectivity index (χ4v) is 4.01. The molecule has 5 rings (SSSR count). The fourth-order valence-electron chi connectivity index (χ4n) is 4.01. The number of aryl methyl sites for hydroxylation is 1. The summed E-state index contributed by atoms with van der Waals surface area (Å²) in [5, 5.41) is 8.37. The first-order chi connectivity index (χ1) is 19.4. The van der Waals surface area contributed by atoms with Crippen LogP contribution in [-0.2, 0) is 19.1 Å². The molecule has 2 amide bonds. The molecule has 0 N–H and O–H groups in total. The van der Waals surface area contributed by atoms with Crippen molar-refractivity contribution in [1.29, 1.82) is 0 Å². The normalized spacial score (nSPS) is 16.8. The Hall–Kier alpha value is -5.44. The molecule has 4 aromatic rings. The Morgan fingerprint density at radius 3 is 1.43 bits per heavy atom. The first kappa shape index (κ1) is 26.2. The van der Waals surface area contributed by atoms with Crippen LogP contribution in [0.4, 0.5) is 17.1 Å². The lowest BCUT2D eigenvalue weighted by atomic mass is 10.2. The summed E-state index contributed by atoms with van der Waals surface area (Å²) >= 11 is 0. The number of anilines is 1. The van der Waals surface area contributed by atoms with Gasteiger partial charge in [-0.3, -0.25) is 9.59 Å². The molecule has 1 aliphatic rings. The van der Waals surface area contributed by atoms with E-state index >= 15 is 0 Å². The lowest BCUT2D eigenvalue weighted by Crippen LogP contribution is -2.37. The van der Waals surface area contributed by atoms with E-state index in [-0.39, 0.29) is 16.8 Å². The molecule has 0 aromatic heterocycles. The van der Waals surface area contributed by atoms with Gasteiger partial charge in [-0.25, -0.2) is 14.5 Å². The summed E-state index contributed by atoms with van der Waals surface area (Å²) in [5.74, 6) is -3.34. The minimum Gasteiger partial charge on any atom is -0.444 e. The second kappa shape index (κ2) is 11.5. The van der Waals surface area contributed by atoms with Crippen LogP contribution in [0.15, 0.2) is 119 Å². The number of benzene rings is 4. The van der Waals surface area contributed by atoms with Gasteiger partial charge in [0.25, 0.3) is 11.8 Å². The summed E-state index contributed by atoms with van der Waals surface area (Å²) in [5.41, 5.74) is 2.82. The Bertz CT molecular complexity index is 1500. The molecule has 9 heteroatoms. The van der Waals surface area contributed by atoms with Gasteiger partial charge in [0.1, 0.15) is 0 Å². The number of azo groups is 1. The number of imide groups is 1. The number of hydrogen-bond donors (Lipinski definition) is 0. The van der Waals surface area contributed by atoms with Crippen LogP contribution < -0.4 is 4.90 Å². The van der Waals surface area contributed by atoms with Gasteiger partial charge in [0, 0.05) is 0 Å². The van der Waals surface area contributed by atoms with E-state index in [0.717, 1.165) is 10.5 Å². The van der Waals surface area contributed by atoms with Crippen molar-refractivity contribution in [3.05, 3.63) is 126 Å². The predicted octanol–water partition coefficient (Wildman–Crippen LogP) is 5.73. The van der Waals surface area contributed by atoms with Crippen LogP contribution >= 0.6 is 0 Å². The van der Waals surface area contributed by atoms with Crippen molar-refractivity contribution in [3.8, 4) is 0 Å². The highest BCUT2D eigenvalue weighted by Gasteiger charge is 2.53. The Kier molecular flexibility index (Phi) is 7.54. The molecule has 2 atom stereocenters. The molecule has 0 unspecified atom stereocenters. The van der Waals surface area contributed by atoms with Crippen LogP contribution in [0, 0.1) is 6.92 Å². The van der Waals surface area contributed by atoms with Crippen molar-refractivity contribution < 1.29 is 28.7 Å². The standard InChI is InChI=1S/C31H23N3O6/c1-20-12-14-23(15-13-20)32-33-24-16-18-25(19-17-24)34-28(35)26(39-30(37)21-8-4-2-5-9-21)27(29(34)36)40-31(38)22-10-6-3-7-11-22/h2-19,26-27H,1H3/t26-,27-/m1/s1. The van der Waals surface area contributed by atoms with Crippen LogP contribution in [0.2, 0.25) is 0 Å². The molecule has 4 aromatic carbocycles. The number of carbonyl (C=O) groups is 4. The van der Waals surface area contributed by atoms with Gasteiger partial charge in [0.15, 0.2) is 0 Å². The van der Waals surface area contributed by atoms with Crippen molar-refractivity contribution in [2.45, 2.75) is 19.1 Å². The SMILES string of the molecule is Cc1ccc(N=Nc2ccc(N3C(=O)[C@H](OC(=O)c4ccccc4)[C@@H](OC(=O)c4ccccc4)C3=O)cc2)cc1. The molecule has 0 saturated carbocycles. The lowest BCUT2D eigenvalue weighted by Gasteiger charge is -2.16. The molecule has 0 aliphatic carbocycles. The van der Waals surface area contributed by atoms with Gasteiger partial charge in [-0.1, -0.05) is 54.1 Å². The Morgan fingerprint density at radius 2 is 1.00 bits per heavy atom. The van der Waals surface area contributed by atoms with Gasteiger partial charge < -0.3 is 9.47 Å². The topological polar surface area (TPSA) is 115 Å². The first-order valence-electron chi connectivity index (χ1n) is 12.4. The molecular weight excluding hydrogens is 510 g/mol. The zero-order valence-electron chi connectivity index (χ0n) is 21.3. The van der Waals surface area contributed by atoms with E-state index in [2.05, 4.69) is 10.2 Å². The van der Waals surface area contributed by atoms with Crippen LogP contribution in [-0.4, -0.2) is 36.0 Å². The Morgan fingerprint density at radius 1 is 0.600 bits per heavy atom. The highest BCUT2D eigenvalue weighted by atomic mass is 16.6. The van der Waals surface area contributed by atoms with E-state index in [1.54, 1.807) is 48.5 Å². The summed E-state index contributed by atoms with van der Waals surface area (Å²) < 4.78 is 10.9. The molecule has 0 bridgehead atoms. The van der Waals surface area contributed by atoms with Crippen molar-refractivity contribution in [2.75, 3.05) is 4.90 Å². The third kappa shape index (κ3) is 5.68. The summed E-state index contributed by atoms with van der Waals surface area (Å²) in [7, 11) is 0. The molecule has 40 heavy (non-hydrogen) atoms. The van der Waals surface area contributed by atoms with Crippen LogP contribution in [0.25, 0.3) is 0 Å². The Balaban J connectivity index is 1.39. The number of esters is 2. The van der Waals surface area contributed by atoms with E-state index in [4.69, 9.17) is 9.47 Å². The van der Waals surface area contributed by atoms with E-state index in [1.165, 1.54) is 36.4 Å². The fraction of sp³-hybridized carbons (Fsp3) is 0.0968.